The average molecular weight is 293 g/mol. The maximum Gasteiger partial charge on any atom is 0.326 e. The van der Waals surface area contributed by atoms with Gasteiger partial charge in [-0.25, -0.2) is 4.79 Å². The molecule has 0 aromatic rings. The van der Waals surface area contributed by atoms with Gasteiger partial charge in [0.1, 0.15) is 6.04 Å². The van der Waals surface area contributed by atoms with Crippen LogP contribution in [0.1, 0.15) is 59.3 Å². The summed E-state index contributed by atoms with van der Waals surface area (Å²) in [5.41, 5.74) is -0.739. The van der Waals surface area contributed by atoms with Gasteiger partial charge in [0.2, 0.25) is 5.91 Å². The lowest BCUT2D eigenvalue weighted by atomic mass is 9.47. The van der Waals surface area contributed by atoms with Gasteiger partial charge in [0.05, 0.1) is 0 Å². The van der Waals surface area contributed by atoms with E-state index in [0.29, 0.717) is 17.8 Å². The van der Waals surface area contributed by atoms with Gasteiger partial charge in [0, 0.05) is 10.8 Å². The van der Waals surface area contributed by atoms with E-state index < -0.39 is 17.4 Å². The third-order valence-electron chi connectivity index (χ3n) is 5.90. The number of amides is 1. The highest BCUT2D eigenvalue weighted by atomic mass is 16.4. The van der Waals surface area contributed by atoms with Gasteiger partial charge in [0.25, 0.3) is 0 Å². The molecule has 4 aliphatic rings. The molecule has 4 saturated carbocycles. The van der Waals surface area contributed by atoms with Crippen molar-refractivity contribution in [3.05, 3.63) is 0 Å². The maximum atomic E-state index is 12.3. The summed E-state index contributed by atoms with van der Waals surface area (Å²) in [6.45, 7) is 5.50. The van der Waals surface area contributed by atoms with Crippen LogP contribution in [0, 0.1) is 28.6 Å². The highest BCUT2D eigenvalue weighted by Crippen LogP contribution is 2.61. The molecule has 0 unspecified atom stereocenters. The molecule has 4 aliphatic carbocycles. The lowest BCUT2D eigenvalue weighted by molar-refractivity contribution is -0.155. The van der Waals surface area contributed by atoms with E-state index in [0.717, 1.165) is 19.3 Å². The quantitative estimate of drug-likeness (QED) is 0.841. The van der Waals surface area contributed by atoms with Crippen molar-refractivity contribution in [3.63, 3.8) is 0 Å². The van der Waals surface area contributed by atoms with E-state index in [9.17, 15) is 14.7 Å². The van der Waals surface area contributed by atoms with Crippen LogP contribution in [0.4, 0.5) is 0 Å². The smallest absolute Gasteiger partial charge is 0.326 e. The third-order valence-corrected chi connectivity index (χ3v) is 5.90. The fourth-order valence-electron chi connectivity index (χ4n) is 5.36. The third kappa shape index (κ3) is 2.58. The Labute approximate surface area is 126 Å². The van der Waals surface area contributed by atoms with Gasteiger partial charge in [-0.05, 0) is 56.3 Å². The van der Waals surface area contributed by atoms with E-state index in [1.54, 1.807) is 0 Å². The molecule has 4 fully saturated rings. The standard InChI is InChI=1S/C17H27NO3/c1-16(2,3)15(21)18-13(14(19)20)17-7-10-4-11(8-17)6-12(5-10)9-17/h10-13H,4-9H2,1-3H3,(H,18,21)(H,19,20)/t10?,11?,12?,13-,17?/m1/s1. The summed E-state index contributed by atoms with van der Waals surface area (Å²) in [4.78, 5) is 24.2. The summed E-state index contributed by atoms with van der Waals surface area (Å²) in [6.07, 6.45) is 6.79. The lowest BCUT2D eigenvalue weighted by Crippen LogP contribution is -2.60. The molecule has 0 radical (unpaired) electrons. The molecule has 1 amide bonds. The van der Waals surface area contributed by atoms with Gasteiger partial charge in [-0.15, -0.1) is 0 Å². The molecule has 0 aromatic carbocycles. The molecule has 21 heavy (non-hydrogen) atoms. The fourth-order valence-corrected chi connectivity index (χ4v) is 5.36. The highest BCUT2D eigenvalue weighted by Gasteiger charge is 2.56. The van der Waals surface area contributed by atoms with Crippen molar-refractivity contribution in [2.24, 2.45) is 28.6 Å². The summed E-state index contributed by atoms with van der Waals surface area (Å²) in [5, 5.41) is 12.6. The summed E-state index contributed by atoms with van der Waals surface area (Å²) in [7, 11) is 0. The van der Waals surface area contributed by atoms with Crippen LogP contribution in [0.3, 0.4) is 0 Å². The van der Waals surface area contributed by atoms with Gasteiger partial charge >= 0.3 is 5.97 Å². The number of carbonyl (C=O) groups excluding carboxylic acids is 1. The van der Waals surface area contributed by atoms with Crippen LogP contribution in [0.25, 0.3) is 0 Å². The second-order valence-electron chi connectivity index (χ2n) is 8.77. The predicted molar refractivity (Wildman–Crippen MR) is 79.6 cm³/mol. The molecule has 4 heteroatoms. The molecule has 0 saturated heterocycles. The topological polar surface area (TPSA) is 66.4 Å². The number of aliphatic carboxylic acids is 1. The minimum atomic E-state index is -0.852. The number of hydrogen-bond acceptors (Lipinski definition) is 2. The first-order valence-electron chi connectivity index (χ1n) is 8.23. The molecular weight excluding hydrogens is 266 g/mol. The van der Waals surface area contributed by atoms with Crippen LogP contribution in [0.5, 0.6) is 0 Å². The average Bonchev–Trinajstić information content (AvgIpc) is 2.31. The van der Waals surface area contributed by atoms with Crippen molar-refractivity contribution >= 4 is 11.9 Å². The van der Waals surface area contributed by atoms with E-state index in [1.165, 1.54) is 19.3 Å². The van der Waals surface area contributed by atoms with Crippen LogP contribution in [0.2, 0.25) is 0 Å². The molecule has 0 spiro atoms. The molecule has 4 rings (SSSR count). The molecular formula is C17H27NO3. The van der Waals surface area contributed by atoms with Crippen LogP contribution in [-0.4, -0.2) is 23.0 Å². The monoisotopic (exact) mass is 293 g/mol. The largest absolute Gasteiger partial charge is 0.480 e. The van der Waals surface area contributed by atoms with Crippen molar-refractivity contribution < 1.29 is 14.7 Å². The summed E-state index contributed by atoms with van der Waals surface area (Å²) in [5.74, 6) is 1.05. The van der Waals surface area contributed by atoms with E-state index in [2.05, 4.69) is 5.32 Å². The second kappa shape index (κ2) is 4.72. The Morgan fingerprint density at radius 3 is 1.81 bits per heavy atom. The normalized spacial score (nSPS) is 39.1. The number of carboxylic acids is 1. The van der Waals surface area contributed by atoms with Crippen LogP contribution >= 0.6 is 0 Å². The molecule has 118 valence electrons. The summed E-state index contributed by atoms with van der Waals surface area (Å²) >= 11 is 0. The Balaban J connectivity index is 1.84. The molecule has 0 heterocycles. The van der Waals surface area contributed by atoms with Gasteiger partial charge in [0.15, 0.2) is 0 Å². The molecule has 2 N–H and O–H groups in total. The Morgan fingerprint density at radius 2 is 1.48 bits per heavy atom. The first kappa shape index (κ1) is 14.9. The molecule has 4 nitrogen and oxygen atoms in total. The molecule has 0 aliphatic heterocycles. The lowest BCUT2D eigenvalue weighted by Gasteiger charge is -2.58. The minimum Gasteiger partial charge on any atom is -0.480 e. The van der Waals surface area contributed by atoms with Crippen molar-refractivity contribution in [2.45, 2.75) is 65.3 Å². The number of hydrogen-bond donors (Lipinski definition) is 2. The van der Waals surface area contributed by atoms with E-state index in [-0.39, 0.29) is 11.3 Å². The van der Waals surface area contributed by atoms with Gasteiger partial charge < -0.3 is 10.4 Å². The van der Waals surface area contributed by atoms with Crippen LogP contribution < -0.4 is 5.32 Å². The van der Waals surface area contributed by atoms with Gasteiger partial charge in [-0.2, -0.15) is 0 Å². The molecule has 1 atom stereocenters. The first-order chi connectivity index (χ1) is 9.69. The predicted octanol–water partition coefficient (Wildman–Crippen LogP) is 2.82. The Hall–Kier alpha value is -1.06. The summed E-state index contributed by atoms with van der Waals surface area (Å²) in [6, 6.07) is -0.711. The SMILES string of the molecule is CC(C)(C)C(=O)N[C@H](C(=O)O)C12CC3CC(CC(C3)C1)C2. The minimum absolute atomic E-state index is 0.148. The van der Waals surface area contributed by atoms with E-state index in [1.807, 2.05) is 20.8 Å². The number of rotatable bonds is 3. The number of nitrogens with one attached hydrogen (secondary N) is 1. The van der Waals surface area contributed by atoms with Crippen molar-refractivity contribution in [2.75, 3.05) is 0 Å². The van der Waals surface area contributed by atoms with E-state index >= 15 is 0 Å². The highest BCUT2D eigenvalue weighted by molar-refractivity contribution is 5.87. The second-order valence-corrected chi connectivity index (χ2v) is 8.77. The summed E-state index contributed by atoms with van der Waals surface area (Å²) < 4.78 is 0. The zero-order valence-corrected chi connectivity index (χ0v) is 13.3. The number of carboxylic acid groups (broad SMARTS) is 1. The Kier molecular flexibility index (Phi) is 3.34. The Bertz CT molecular complexity index is 428. The van der Waals surface area contributed by atoms with Crippen molar-refractivity contribution in [1.29, 1.82) is 0 Å². The van der Waals surface area contributed by atoms with E-state index in [4.69, 9.17) is 0 Å². The van der Waals surface area contributed by atoms with Gasteiger partial charge in [-0.3, -0.25) is 4.79 Å². The number of carbonyl (C=O) groups is 2. The zero-order chi connectivity index (χ0) is 15.4. The van der Waals surface area contributed by atoms with Gasteiger partial charge in [-0.1, -0.05) is 20.8 Å². The molecule has 4 bridgehead atoms. The van der Waals surface area contributed by atoms with Crippen molar-refractivity contribution in [1.82, 2.24) is 5.32 Å². The maximum absolute atomic E-state index is 12.3. The van der Waals surface area contributed by atoms with Crippen LogP contribution in [-0.2, 0) is 9.59 Å². The molecule has 0 aromatic heterocycles. The first-order valence-corrected chi connectivity index (χ1v) is 8.23. The Morgan fingerprint density at radius 1 is 1.05 bits per heavy atom. The zero-order valence-electron chi connectivity index (χ0n) is 13.3. The van der Waals surface area contributed by atoms with Crippen molar-refractivity contribution in [3.8, 4) is 0 Å². The fraction of sp³-hybridized carbons (Fsp3) is 0.882. The van der Waals surface area contributed by atoms with Crippen LogP contribution in [0.15, 0.2) is 0 Å².